The first-order valence-electron chi connectivity index (χ1n) is 5.60. The molecule has 0 radical (unpaired) electrons. The van der Waals surface area contributed by atoms with E-state index in [-0.39, 0.29) is 18.0 Å². The van der Waals surface area contributed by atoms with Gasteiger partial charge < -0.3 is 0 Å². The Morgan fingerprint density at radius 3 is 2.61 bits per heavy atom. The molecule has 92 valence electrons. The summed E-state index contributed by atoms with van der Waals surface area (Å²) in [4.78, 5) is 12.0. The summed E-state index contributed by atoms with van der Waals surface area (Å²) in [5, 5.41) is 0. The van der Waals surface area contributed by atoms with Crippen LogP contribution < -0.4 is 0 Å². The number of hydrogen-bond donors (Lipinski definition) is 0. The summed E-state index contributed by atoms with van der Waals surface area (Å²) in [6.45, 7) is 1.95. The molecule has 2 aromatic rings. The van der Waals surface area contributed by atoms with Crippen LogP contribution in [-0.4, -0.2) is 5.78 Å². The van der Waals surface area contributed by atoms with Crippen LogP contribution in [0.5, 0.6) is 0 Å². The third-order valence-electron chi connectivity index (χ3n) is 2.80. The highest BCUT2D eigenvalue weighted by molar-refractivity contribution is 9.10. The zero-order chi connectivity index (χ0) is 13.1. The Balaban J connectivity index is 2.22. The van der Waals surface area contributed by atoms with Crippen molar-refractivity contribution in [2.45, 2.75) is 13.3 Å². The van der Waals surface area contributed by atoms with Gasteiger partial charge in [0.2, 0.25) is 0 Å². The van der Waals surface area contributed by atoms with E-state index in [1.807, 2.05) is 13.0 Å². The van der Waals surface area contributed by atoms with E-state index in [2.05, 4.69) is 15.9 Å². The fourth-order valence-electron chi connectivity index (χ4n) is 1.68. The van der Waals surface area contributed by atoms with Gasteiger partial charge >= 0.3 is 0 Å². The summed E-state index contributed by atoms with van der Waals surface area (Å²) in [5.41, 5.74) is 2.09. The average molecular weight is 307 g/mol. The number of Topliss-reactive ketones (excluding diaryl/α,β-unsaturated/α-hetero) is 1. The SMILES string of the molecule is Cc1ccc(C(=O)Cc2ccccc2F)cc1Br. The number of hydrogen-bond acceptors (Lipinski definition) is 1. The summed E-state index contributed by atoms with van der Waals surface area (Å²) >= 11 is 3.39. The molecule has 0 N–H and O–H groups in total. The summed E-state index contributed by atoms with van der Waals surface area (Å²) < 4.78 is 14.3. The van der Waals surface area contributed by atoms with Crippen LogP contribution in [0.4, 0.5) is 4.39 Å². The fraction of sp³-hybridized carbons (Fsp3) is 0.133. The first kappa shape index (κ1) is 13.0. The normalized spacial score (nSPS) is 10.4. The highest BCUT2D eigenvalue weighted by Crippen LogP contribution is 2.19. The molecule has 3 heteroatoms. The Labute approximate surface area is 114 Å². The van der Waals surface area contributed by atoms with Crippen molar-refractivity contribution in [1.82, 2.24) is 0 Å². The van der Waals surface area contributed by atoms with Gasteiger partial charge in [-0.05, 0) is 30.2 Å². The highest BCUT2D eigenvalue weighted by Gasteiger charge is 2.10. The molecule has 0 aliphatic heterocycles. The minimum atomic E-state index is -0.336. The molecule has 0 amide bonds. The summed E-state index contributed by atoms with van der Waals surface area (Å²) in [6.07, 6.45) is 0.0855. The van der Waals surface area contributed by atoms with Crippen molar-refractivity contribution in [3.05, 3.63) is 69.4 Å². The van der Waals surface area contributed by atoms with E-state index in [9.17, 15) is 9.18 Å². The monoisotopic (exact) mass is 306 g/mol. The molecular weight excluding hydrogens is 295 g/mol. The number of carbonyl (C=O) groups excluding carboxylic acids is 1. The van der Waals surface area contributed by atoms with Gasteiger partial charge in [-0.1, -0.05) is 46.3 Å². The lowest BCUT2D eigenvalue weighted by atomic mass is 10.0. The van der Waals surface area contributed by atoms with Gasteiger partial charge in [-0.3, -0.25) is 4.79 Å². The highest BCUT2D eigenvalue weighted by atomic mass is 79.9. The predicted octanol–water partition coefficient (Wildman–Crippen LogP) is 4.32. The number of rotatable bonds is 3. The quantitative estimate of drug-likeness (QED) is 0.772. The number of halogens is 2. The van der Waals surface area contributed by atoms with Crippen molar-refractivity contribution in [2.75, 3.05) is 0 Å². The summed E-state index contributed by atoms with van der Waals surface area (Å²) in [7, 11) is 0. The average Bonchev–Trinajstić information content (AvgIpc) is 2.35. The maximum Gasteiger partial charge on any atom is 0.167 e. The van der Waals surface area contributed by atoms with Gasteiger partial charge in [0, 0.05) is 16.5 Å². The Morgan fingerprint density at radius 1 is 1.22 bits per heavy atom. The standard InChI is InChI=1S/C15H12BrFO/c1-10-6-7-12(8-13(10)16)15(18)9-11-4-2-3-5-14(11)17/h2-8H,9H2,1H3. The second kappa shape index (κ2) is 5.44. The fourth-order valence-corrected chi connectivity index (χ4v) is 2.06. The smallest absolute Gasteiger partial charge is 0.167 e. The molecule has 0 bridgehead atoms. The number of ketones is 1. The van der Waals surface area contributed by atoms with Crippen LogP contribution in [0, 0.1) is 12.7 Å². The molecular formula is C15H12BrFO. The lowest BCUT2D eigenvalue weighted by Gasteiger charge is -2.05. The van der Waals surface area contributed by atoms with E-state index in [1.54, 1.807) is 30.3 Å². The van der Waals surface area contributed by atoms with Crippen molar-refractivity contribution in [2.24, 2.45) is 0 Å². The maximum absolute atomic E-state index is 13.4. The number of aryl methyl sites for hydroxylation is 1. The predicted molar refractivity (Wildman–Crippen MR) is 73.3 cm³/mol. The topological polar surface area (TPSA) is 17.1 Å². The van der Waals surface area contributed by atoms with Gasteiger partial charge in [0.1, 0.15) is 5.82 Å². The van der Waals surface area contributed by atoms with Gasteiger partial charge in [-0.15, -0.1) is 0 Å². The van der Waals surface area contributed by atoms with Crippen LogP contribution in [0.2, 0.25) is 0 Å². The molecule has 0 aliphatic carbocycles. The largest absolute Gasteiger partial charge is 0.294 e. The third kappa shape index (κ3) is 2.85. The van der Waals surface area contributed by atoms with E-state index in [1.165, 1.54) is 6.07 Å². The zero-order valence-corrected chi connectivity index (χ0v) is 11.5. The molecule has 2 rings (SSSR count). The van der Waals surface area contributed by atoms with Crippen molar-refractivity contribution < 1.29 is 9.18 Å². The molecule has 0 saturated heterocycles. The minimum absolute atomic E-state index is 0.0826. The first-order chi connectivity index (χ1) is 8.58. The van der Waals surface area contributed by atoms with E-state index >= 15 is 0 Å². The van der Waals surface area contributed by atoms with Gasteiger partial charge in [0.25, 0.3) is 0 Å². The molecule has 0 unspecified atom stereocenters. The van der Waals surface area contributed by atoms with Crippen LogP contribution in [0.1, 0.15) is 21.5 Å². The van der Waals surface area contributed by atoms with Gasteiger partial charge in [-0.2, -0.15) is 0 Å². The van der Waals surface area contributed by atoms with Crippen LogP contribution in [0.25, 0.3) is 0 Å². The molecule has 0 fully saturated rings. The van der Waals surface area contributed by atoms with Crippen LogP contribution in [-0.2, 0) is 6.42 Å². The van der Waals surface area contributed by atoms with Gasteiger partial charge in [0.15, 0.2) is 5.78 Å². The Hall–Kier alpha value is -1.48. The van der Waals surface area contributed by atoms with Crippen molar-refractivity contribution in [3.8, 4) is 0 Å². The minimum Gasteiger partial charge on any atom is -0.294 e. The van der Waals surface area contributed by atoms with Gasteiger partial charge in [0.05, 0.1) is 0 Å². The van der Waals surface area contributed by atoms with Crippen molar-refractivity contribution in [3.63, 3.8) is 0 Å². The van der Waals surface area contributed by atoms with Crippen LogP contribution >= 0.6 is 15.9 Å². The van der Waals surface area contributed by atoms with E-state index < -0.39 is 0 Å². The van der Waals surface area contributed by atoms with Crippen molar-refractivity contribution in [1.29, 1.82) is 0 Å². The summed E-state index contributed by atoms with van der Waals surface area (Å²) in [5.74, 6) is -0.419. The molecule has 0 heterocycles. The molecule has 0 aliphatic rings. The van der Waals surface area contributed by atoms with Crippen LogP contribution in [0.15, 0.2) is 46.9 Å². The Morgan fingerprint density at radius 2 is 1.94 bits per heavy atom. The first-order valence-corrected chi connectivity index (χ1v) is 6.40. The number of carbonyl (C=O) groups is 1. The molecule has 0 atom stereocenters. The Bertz CT molecular complexity index is 593. The van der Waals surface area contributed by atoms with Crippen molar-refractivity contribution >= 4 is 21.7 Å². The number of benzene rings is 2. The molecule has 0 saturated carbocycles. The second-order valence-corrected chi connectivity index (χ2v) is 5.01. The second-order valence-electron chi connectivity index (χ2n) is 4.16. The lowest BCUT2D eigenvalue weighted by molar-refractivity contribution is 0.0992. The lowest BCUT2D eigenvalue weighted by Crippen LogP contribution is -2.05. The molecule has 2 aromatic carbocycles. The van der Waals surface area contributed by atoms with E-state index in [0.717, 1.165) is 10.0 Å². The van der Waals surface area contributed by atoms with Crippen LogP contribution in [0.3, 0.4) is 0 Å². The molecule has 0 spiro atoms. The molecule has 1 nitrogen and oxygen atoms in total. The molecule has 0 aromatic heterocycles. The third-order valence-corrected chi connectivity index (χ3v) is 3.66. The van der Waals surface area contributed by atoms with Gasteiger partial charge in [-0.25, -0.2) is 4.39 Å². The zero-order valence-electron chi connectivity index (χ0n) is 9.91. The Kier molecular flexibility index (Phi) is 3.92. The van der Waals surface area contributed by atoms with E-state index in [0.29, 0.717) is 11.1 Å². The maximum atomic E-state index is 13.4. The molecule has 18 heavy (non-hydrogen) atoms. The summed E-state index contributed by atoms with van der Waals surface area (Å²) in [6, 6.07) is 11.8. The van der Waals surface area contributed by atoms with E-state index in [4.69, 9.17) is 0 Å².